The van der Waals surface area contributed by atoms with Crippen molar-refractivity contribution in [3.8, 4) is 5.75 Å². The van der Waals surface area contributed by atoms with Crippen LogP contribution >= 0.6 is 11.3 Å². The molecule has 0 saturated heterocycles. The largest absolute Gasteiger partial charge is 0.496 e. The lowest BCUT2D eigenvalue weighted by Crippen LogP contribution is -2.11. The first-order valence-electron chi connectivity index (χ1n) is 4.61. The smallest absolute Gasteiger partial charge is 0.396 e. The zero-order valence-electron chi connectivity index (χ0n) is 8.90. The zero-order valence-corrected chi connectivity index (χ0v) is 9.72. The fraction of sp³-hybridized carbons (Fsp3) is 0.300. The standard InChI is InChI=1S/C10H11NO4S/c1-13-7-4-9-8(15-10(12)16-9)3-6(7)5-11-14-2/h3-4,11H,5H2,1-2H3. The van der Waals surface area contributed by atoms with E-state index in [0.29, 0.717) is 17.9 Å². The van der Waals surface area contributed by atoms with Crippen molar-refractivity contribution in [1.29, 1.82) is 0 Å². The lowest BCUT2D eigenvalue weighted by molar-refractivity contribution is 0.0861. The first-order chi connectivity index (χ1) is 7.74. The summed E-state index contributed by atoms with van der Waals surface area (Å²) in [5, 5.41) is 0. The van der Waals surface area contributed by atoms with Gasteiger partial charge in [-0.25, -0.2) is 4.79 Å². The van der Waals surface area contributed by atoms with Gasteiger partial charge in [-0.15, -0.1) is 0 Å². The molecule has 0 aliphatic heterocycles. The quantitative estimate of drug-likeness (QED) is 0.822. The molecule has 6 heteroatoms. The van der Waals surface area contributed by atoms with Crippen LogP contribution in [0.1, 0.15) is 5.56 Å². The summed E-state index contributed by atoms with van der Waals surface area (Å²) < 4.78 is 11.0. The van der Waals surface area contributed by atoms with Crippen LogP contribution in [0.3, 0.4) is 0 Å². The van der Waals surface area contributed by atoms with E-state index in [1.807, 2.05) is 0 Å². The number of fused-ring (bicyclic) bond motifs is 1. The van der Waals surface area contributed by atoms with E-state index in [1.54, 1.807) is 19.2 Å². The van der Waals surface area contributed by atoms with Gasteiger partial charge in [-0.1, -0.05) is 11.3 Å². The van der Waals surface area contributed by atoms with Gasteiger partial charge in [0.15, 0.2) is 0 Å². The predicted molar refractivity (Wildman–Crippen MR) is 60.8 cm³/mol. The number of hydrogen-bond acceptors (Lipinski definition) is 6. The van der Waals surface area contributed by atoms with Crippen LogP contribution in [0.2, 0.25) is 0 Å². The average molecular weight is 241 g/mol. The molecule has 5 nitrogen and oxygen atoms in total. The second-order valence-electron chi connectivity index (χ2n) is 3.09. The first kappa shape index (κ1) is 11.1. The van der Waals surface area contributed by atoms with Gasteiger partial charge in [0.25, 0.3) is 0 Å². The van der Waals surface area contributed by atoms with Gasteiger partial charge in [0.1, 0.15) is 11.3 Å². The molecule has 1 aromatic carbocycles. The first-order valence-corrected chi connectivity index (χ1v) is 5.42. The van der Waals surface area contributed by atoms with Gasteiger partial charge < -0.3 is 14.0 Å². The highest BCUT2D eigenvalue weighted by Gasteiger charge is 2.09. The van der Waals surface area contributed by atoms with Crippen LogP contribution in [0.15, 0.2) is 21.3 Å². The lowest BCUT2D eigenvalue weighted by atomic mass is 10.2. The monoisotopic (exact) mass is 241 g/mol. The second-order valence-corrected chi connectivity index (χ2v) is 4.07. The van der Waals surface area contributed by atoms with Gasteiger partial charge in [0, 0.05) is 18.2 Å². The molecule has 16 heavy (non-hydrogen) atoms. The van der Waals surface area contributed by atoms with Crippen LogP contribution < -0.4 is 15.2 Å². The van der Waals surface area contributed by atoms with Crippen LogP contribution in [0.4, 0.5) is 0 Å². The van der Waals surface area contributed by atoms with E-state index >= 15 is 0 Å². The van der Waals surface area contributed by atoms with Crippen molar-refractivity contribution in [2.45, 2.75) is 6.54 Å². The van der Waals surface area contributed by atoms with Crippen molar-refractivity contribution in [2.75, 3.05) is 14.2 Å². The van der Waals surface area contributed by atoms with Crippen LogP contribution in [0, 0.1) is 0 Å². The summed E-state index contributed by atoms with van der Waals surface area (Å²) in [5.74, 6) is 0.703. The second kappa shape index (κ2) is 4.65. The molecule has 1 N–H and O–H groups in total. The van der Waals surface area contributed by atoms with E-state index < -0.39 is 0 Å². The zero-order chi connectivity index (χ0) is 11.5. The molecule has 0 atom stereocenters. The van der Waals surface area contributed by atoms with E-state index in [-0.39, 0.29) is 4.94 Å². The van der Waals surface area contributed by atoms with Gasteiger partial charge in [-0.3, -0.25) is 0 Å². The molecular weight excluding hydrogens is 230 g/mol. The van der Waals surface area contributed by atoms with Gasteiger partial charge in [-0.2, -0.15) is 5.48 Å². The van der Waals surface area contributed by atoms with Gasteiger partial charge >= 0.3 is 4.94 Å². The molecule has 1 aromatic heterocycles. The van der Waals surface area contributed by atoms with E-state index in [1.165, 1.54) is 7.11 Å². The Labute approximate surface area is 95.5 Å². The summed E-state index contributed by atoms with van der Waals surface area (Å²) in [5.41, 5.74) is 4.16. The van der Waals surface area contributed by atoms with E-state index in [9.17, 15) is 4.79 Å². The van der Waals surface area contributed by atoms with Crippen molar-refractivity contribution in [3.05, 3.63) is 27.4 Å². The Kier molecular flexibility index (Phi) is 3.23. The summed E-state index contributed by atoms with van der Waals surface area (Å²) in [6.07, 6.45) is 0. The minimum atomic E-state index is -0.311. The maximum atomic E-state index is 11.1. The van der Waals surface area contributed by atoms with Crippen molar-refractivity contribution in [1.82, 2.24) is 5.48 Å². The molecule has 0 spiro atoms. The Bertz CT molecular complexity index is 545. The molecule has 0 amide bonds. The van der Waals surface area contributed by atoms with Crippen LogP contribution in [-0.4, -0.2) is 14.2 Å². The Balaban J connectivity index is 2.48. The molecule has 2 aromatic rings. The van der Waals surface area contributed by atoms with E-state index in [4.69, 9.17) is 14.0 Å². The highest BCUT2D eigenvalue weighted by atomic mass is 32.1. The van der Waals surface area contributed by atoms with Gasteiger partial charge in [0.05, 0.1) is 18.9 Å². The Morgan fingerprint density at radius 2 is 2.25 bits per heavy atom. The van der Waals surface area contributed by atoms with Gasteiger partial charge in [0.2, 0.25) is 0 Å². The number of nitrogens with one attached hydrogen (secondary N) is 1. The summed E-state index contributed by atoms with van der Waals surface area (Å²) in [7, 11) is 3.12. The molecule has 0 bridgehead atoms. The molecule has 0 aliphatic carbocycles. The Hall–Kier alpha value is -1.37. The van der Waals surface area contributed by atoms with E-state index in [0.717, 1.165) is 21.6 Å². The normalized spacial score (nSPS) is 10.9. The molecular formula is C10H11NO4S. The third kappa shape index (κ3) is 2.08. The number of rotatable bonds is 4. The number of methoxy groups -OCH3 is 1. The molecule has 2 rings (SSSR count). The summed E-state index contributed by atoms with van der Waals surface area (Å²) in [4.78, 5) is 15.5. The summed E-state index contributed by atoms with van der Waals surface area (Å²) in [6, 6.07) is 3.57. The topological polar surface area (TPSA) is 60.7 Å². The SMILES string of the molecule is CONCc1cc2oc(=O)sc2cc1OC. The van der Waals surface area contributed by atoms with Gasteiger partial charge in [-0.05, 0) is 6.07 Å². The highest BCUT2D eigenvalue weighted by Crippen LogP contribution is 2.27. The third-order valence-corrected chi connectivity index (χ3v) is 2.93. The van der Waals surface area contributed by atoms with Crippen LogP contribution in [0.25, 0.3) is 10.3 Å². The molecule has 0 radical (unpaired) electrons. The maximum absolute atomic E-state index is 11.1. The number of hydroxylamine groups is 1. The molecule has 0 aliphatic rings. The molecule has 1 heterocycles. The van der Waals surface area contributed by atoms with Crippen molar-refractivity contribution < 1.29 is 14.0 Å². The number of hydrogen-bond donors (Lipinski definition) is 1. The van der Waals surface area contributed by atoms with Crippen molar-refractivity contribution in [2.24, 2.45) is 0 Å². The summed E-state index contributed by atoms with van der Waals surface area (Å²) in [6.45, 7) is 0.481. The highest BCUT2D eigenvalue weighted by molar-refractivity contribution is 7.16. The van der Waals surface area contributed by atoms with Crippen LogP contribution in [-0.2, 0) is 11.4 Å². The average Bonchev–Trinajstić information content (AvgIpc) is 2.63. The van der Waals surface area contributed by atoms with Crippen molar-refractivity contribution in [3.63, 3.8) is 0 Å². The molecule has 0 saturated carbocycles. The third-order valence-electron chi connectivity index (χ3n) is 2.14. The number of benzene rings is 1. The minimum absolute atomic E-state index is 0.311. The minimum Gasteiger partial charge on any atom is -0.496 e. The maximum Gasteiger partial charge on any atom is 0.396 e. The predicted octanol–water partition coefficient (Wildman–Crippen LogP) is 1.51. The van der Waals surface area contributed by atoms with Crippen molar-refractivity contribution >= 4 is 21.6 Å². The number of ether oxygens (including phenoxy) is 1. The van der Waals surface area contributed by atoms with E-state index in [2.05, 4.69) is 5.48 Å². The Morgan fingerprint density at radius 1 is 1.44 bits per heavy atom. The fourth-order valence-corrected chi connectivity index (χ4v) is 2.10. The fourth-order valence-electron chi connectivity index (χ4n) is 1.42. The molecule has 0 unspecified atom stereocenters. The molecule has 0 fully saturated rings. The molecule has 86 valence electrons. The Morgan fingerprint density at radius 3 is 2.94 bits per heavy atom. The van der Waals surface area contributed by atoms with Crippen LogP contribution in [0.5, 0.6) is 5.75 Å². The lowest BCUT2D eigenvalue weighted by Gasteiger charge is -2.07. The summed E-state index contributed by atoms with van der Waals surface area (Å²) >= 11 is 1.06.